The maximum absolute atomic E-state index is 13.0. The number of aliphatic hydroxyl groups excluding tert-OH is 1. The molecule has 0 bridgehead atoms. The summed E-state index contributed by atoms with van der Waals surface area (Å²) in [6, 6.07) is 7.09. The molecule has 0 aromatic heterocycles. The summed E-state index contributed by atoms with van der Waals surface area (Å²) in [6.45, 7) is 8.59. The lowest BCUT2D eigenvalue weighted by Gasteiger charge is -2.33. The molecule has 0 radical (unpaired) electrons. The lowest BCUT2D eigenvalue weighted by Crippen LogP contribution is -2.48. The fourth-order valence-electron chi connectivity index (χ4n) is 5.29. The predicted octanol–water partition coefficient (Wildman–Crippen LogP) is 4.03. The molecule has 10 nitrogen and oxygen atoms in total. The lowest BCUT2D eigenvalue weighted by atomic mass is 9.91. The van der Waals surface area contributed by atoms with Gasteiger partial charge in [0.25, 0.3) is 0 Å². The Balaban J connectivity index is 1.53. The normalized spacial score (nSPS) is 29.5. The number of piperazine rings is 1. The van der Waals surface area contributed by atoms with E-state index in [1.165, 1.54) is 0 Å². The molecule has 11 heteroatoms. The average molecular weight is 604 g/mol. The fraction of sp³-hybridized carbons (Fsp3) is 0.613. The molecule has 2 fully saturated rings. The Morgan fingerprint density at radius 3 is 2.50 bits per heavy atom. The predicted molar refractivity (Wildman–Crippen MR) is 162 cm³/mol. The lowest BCUT2D eigenvalue weighted by molar-refractivity contribution is -0.151. The van der Waals surface area contributed by atoms with Gasteiger partial charge >= 0.3 is 12.1 Å². The molecule has 1 aliphatic carbocycles. The van der Waals surface area contributed by atoms with Gasteiger partial charge in [-0.2, -0.15) is 0 Å². The summed E-state index contributed by atoms with van der Waals surface area (Å²) in [5.41, 5.74) is 2.00. The Bertz CT molecular complexity index is 1270. The van der Waals surface area contributed by atoms with Crippen molar-refractivity contribution in [1.82, 2.24) is 9.80 Å². The third-order valence-electron chi connectivity index (χ3n) is 8.21. The summed E-state index contributed by atoms with van der Waals surface area (Å²) >= 11 is 0. The van der Waals surface area contributed by atoms with Crippen LogP contribution in [0.25, 0.3) is 6.08 Å². The molecule has 232 valence electrons. The quantitative estimate of drug-likeness (QED) is 0.369. The molecule has 1 saturated heterocycles. The van der Waals surface area contributed by atoms with Gasteiger partial charge in [-0.25, -0.2) is 13.2 Å². The Kier molecular flexibility index (Phi) is 10.7. The molecular formula is C31H45N3O7S. The van der Waals surface area contributed by atoms with Gasteiger partial charge in [0.1, 0.15) is 12.2 Å². The minimum Gasteiger partial charge on any atom is -0.457 e. The number of nitrogens with one attached hydrogen (secondary N) is 1. The van der Waals surface area contributed by atoms with Gasteiger partial charge in [-0.1, -0.05) is 38.1 Å². The van der Waals surface area contributed by atoms with E-state index in [9.17, 15) is 23.1 Å². The van der Waals surface area contributed by atoms with Gasteiger partial charge in [-0.05, 0) is 74.9 Å². The molecular weight excluding hydrogens is 558 g/mol. The Labute approximate surface area is 249 Å². The molecule has 0 unspecified atom stereocenters. The van der Waals surface area contributed by atoms with Crippen LogP contribution in [-0.2, 0) is 24.3 Å². The highest BCUT2D eigenvalue weighted by Crippen LogP contribution is 2.30. The number of esters is 1. The van der Waals surface area contributed by atoms with Crippen molar-refractivity contribution in [3.05, 3.63) is 47.6 Å². The molecule has 42 heavy (non-hydrogen) atoms. The molecule has 2 aliphatic heterocycles. The largest absolute Gasteiger partial charge is 0.457 e. The standard InChI is InChI=1S/C31H45N3O7S/c1-21-8-10-26(35)20-29(36)41-30(22(2)9-13-28(21)40-31(37)34-16-14-33(4)15-17-34)23(3)18-24-6-5-7-25(19-24)32-42(38,39)27-11-12-27/h5-7,9,13,18-19,21-22,26-28,30,32,35H,8,10-12,14-17,20H2,1-4H3/b13-9-,23-18+/t21-,22-,26+,28-,30-/m0/s1. The molecule has 5 atom stereocenters. The second-order valence-corrected chi connectivity index (χ2v) is 14.0. The van der Waals surface area contributed by atoms with Crippen molar-refractivity contribution in [2.24, 2.45) is 11.8 Å². The summed E-state index contributed by atoms with van der Waals surface area (Å²) in [7, 11) is -1.36. The van der Waals surface area contributed by atoms with E-state index in [1.54, 1.807) is 23.1 Å². The van der Waals surface area contributed by atoms with Gasteiger partial charge in [-0.15, -0.1) is 0 Å². The zero-order valence-electron chi connectivity index (χ0n) is 25.1. The van der Waals surface area contributed by atoms with Crippen molar-refractivity contribution in [1.29, 1.82) is 0 Å². The van der Waals surface area contributed by atoms with Gasteiger partial charge in [0, 0.05) is 37.8 Å². The Hall–Kier alpha value is -2.89. The zero-order valence-corrected chi connectivity index (χ0v) is 25.9. The van der Waals surface area contributed by atoms with Crippen LogP contribution in [0.2, 0.25) is 0 Å². The number of carbonyl (C=O) groups excluding carboxylic acids is 2. The molecule has 4 rings (SSSR count). The van der Waals surface area contributed by atoms with Crippen molar-refractivity contribution in [3.63, 3.8) is 0 Å². The maximum atomic E-state index is 13.0. The molecule has 1 aromatic rings. The van der Waals surface area contributed by atoms with Crippen LogP contribution in [0.5, 0.6) is 0 Å². The zero-order chi connectivity index (χ0) is 30.4. The number of benzene rings is 1. The number of nitrogens with zero attached hydrogens (tertiary/aromatic N) is 2. The number of carbonyl (C=O) groups is 2. The van der Waals surface area contributed by atoms with Gasteiger partial charge in [0.2, 0.25) is 10.0 Å². The number of amides is 1. The van der Waals surface area contributed by atoms with E-state index in [1.807, 2.05) is 52.1 Å². The van der Waals surface area contributed by atoms with Crippen LogP contribution in [0.4, 0.5) is 10.5 Å². The van der Waals surface area contributed by atoms with Crippen LogP contribution in [0, 0.1) is 11.8 Å². The fourth-order valence-corrected chi connectivity index (χ4v) is 6.67. The molecule has 1 saturated carbocycles. The number of hydrogen-bond donors (Lipinski definition) is 2. The Morgan fingerprint density at radius 2 is 1.81 bits per heavy atom. The minimum absolute atomic E-state index is 0.0628. The SMILES string of the molecule is C/C(=C\c1cccc(NS(=O)(=O)C2CC2)c1)[C@H]1OC(=O)C[C@H](O)CC[C@H](C)[C@@H](OC(=O)N2CCN(C)CC2)/C=C\[C@@H]1C. The molecule has 1 aromatic carbocycles. The van der Waals surface area contributed by atoms with Crippen molar-refractivity contribution in [3.8, 4) is 0 Å². The van der Waals surface area contributed by atoms with Crippen molar-refractivity contribution < 1.29 is 32.6 Å². The van der Waals surface area contributed by atoms with Crippen LogP contribution >= 0.6 is 0 Å². The maximum Gasteiger partial charge on any atom is 0.410 e. The molecule has 2 heterocycles. The monoisotopic (exact) mass is 603 g/mol. The highest BCUT2D eigenvalue weighted by atomic mass is 32.2. The van der Waals surface area contributed by atoms with Crippen LogP contribution in [0.15, 0.2) is 42.0 Å². The van der Waals surface area contributed by atoms with Gasteiger partial charge in [0.15, 0.2) is 0 Å². The first kappa shape index (κ1) is 32.0. The van der Waals surface area contributed by atoms with E-state index in [0.717, 1.165) is 24.2 Å². The highest BCUT2D eigenvalue weighted by Gasteiger charge is 2.35. The van der Waals surface area contributed by atoms with Gasteiger partial charge < -0.3 is 24.4 Å². The second kappa shape index (κ2) is 14.1. The number of aliphatic hydroxyl groups is 1. The van der Waals surface area contributed by atoms with Gasteiger partial charge in [0.05, 0.1) is 17.8 Å². The van der Waals surface area contributed by atoms with E-state index in [4.69, 9.17) is 9.47 Å². The molecule has 2 N–H and O–H groups in total. The number of sulfonamides is 1. The van der Waals surface area contributed by atoms with E-state index in [2.05, 4.69) is 9.62 Å². The molecule has 0 spiro atoms. The topological polar surface area (TPSA) is 125 Å². The number of rotatable bonds is 6. The third-order valence-corrected chi connectivity index (χ3v) is 10.1. The summed E-state index contributed by atoms with van der Waals surface area (Å²) in [5.74, 6) is -0.819. The van der Waals surface area contributed by atoms with E-state index in [0.29, 0.717) is 44.5 Å². The number of anilines is 1. The number of likely N-dealkylation sites (N-methyl/N-ethyl adjacent to an activating group) is 1. The summed E-state index contributed by atoms with van der Waals surface area (Å²) < 4.78 is 39.3. The second-order valence-electron chi connectivity index (χ2n) is 12.1. The minimum atomic E-state index is -3.39. The summed E-state index contributed by atoms with van der Waals surface area (Å²) in [6.07, 6.45) is 5.50. The van der Waals surface area contributed by atoms with Crippen LogP contribution < -0.4 is 4.72 Å². The summed E-state index contributed by atoms with van der Waals surface area (Å²) in [5, 5.41) is 10.2. The van der Waals surface area contributed by atoms with Crippen LogP contribution in [0.1, 0.15) is 58.4 Å². The van der Waals surface area contributed by atoms with Crippen LogP contribution in [-0.4, -0.2) is 92.2 Å². The van der Waals surface area contributed by atoms with E-state index in [-0.39, 0.29) is 29.6 Å². The van der Waals surface area contributed by atoms with Crippen molar-refractivity contribution in [2.75, 3.05) is 37.9 Å². The Morgan fingerprint density at radius 1 is 1.10 bits per heavy atom. The number of ether oxygens (including phenoxy) is 2. The molecule has 1 amide bonds. The number of hydrogen-bond acceptors (Lipinski definition) is 8. The third kappa shape index (κ3) is 9.05. The van der Waals surface area contributed by atoms with Crippen molar-refractivity contribution in [2.45, 2.75) is 76.4 Å². The first-order valence-corrected chi connectivity index (χ1v) is 16.5. The van der Waals surface area contributed by atoms with E-state index < -0.39 is 34.3 Å². The summed E-state index contributed by atoms with van der Waals surface area (Å²) in [4.78, 5) is 29.7. The molecule has 3 aliphatic rings. The number of cyclic esters (lactones) is 1. The van der Waals surface area contributed by atoms with Crippen LogP contribution in [0.3, 0.4) is 0 Å². The first-order chi connectivity index (χ1) is 19.9. The van der Waals surface area contributed by atoms with Crippen molar-refractivity contribution >= 4 is 33.8 Å². The smallest absolute Gasteiger partial charge is 0.410 e. The van der Waals surface area contributed by atoms with E-state index >= 15 is 0 Å². The van der Waals surface area contributed by atoms with Gasteiger partial charge in [-0.3, -0.25) is 9.52 Å². The first-order valence-electron chi connectivity index (χ1n) is 14.9. The average Bonchev–Trinajstić information content (AvgIpc) is 3.79. The highest BCUT2D eigenvalue weighted by molar-refractivity contribution is 7.93.